The van der Waals surface area contributed by atoms with Gasteiger partial charge in [0.15, 0.2) is 6.10 Å². The average Bonchev–Trinajstić information content (AvgIpc) is 2.27. The SMILES string of the molecule is C[C@H](OC(=O)c1c(F)cccc1F)C(=O)NC(N)=O. The molecule has 0 saturated heterocycles. The Bertz CT molecular complexity index is 513. The number of carbonyl (C=O) groups excluding carboxylic acids is 3. The number of urea groups is 1. The van der Waals surface area contributed by atoms with Crippen molar-refractivity contribution in [1.82, 2.24) is 5.32 Å². The molecular weight excluding hydrogens is 262 g/mol. The molecule has 3 amide bonds. The monoisotopic (exact) mass is 272 g/mol. The van der Waals surface area contributed by atoms with Gasteiger partial charge in [-0.15, -0.1) is 0 Å². The Morgan fingerprint density at radius 1 is 1.26 bits per heavy atom. The van der Waals surface area contributed by atoms with E-state index in [1.807, 2.05) is 0 Å². The minimum atomic E-state index is -1.43. The minimum absolute atomic E-state index is 0.869. The third kappa shape index (κ3) is 3.73. The van der Waals surface area contributed by atoms with E-state index in [-0.39, 0.29) is 0 Å². The summed E-state index contributed by atoms with van der Waals surface area (Å²) in [4.78, 5) is 33.1. The Kier molecular flexibility index (Phi) is 4.51. The quantitative estimate of drug-likeness (QED) is 0.791. The molecule has 0 aliphatic heterocycles. The fourth-order valence-corrected chi connectivity index (χ4v) is 1.19. The number of esters is 1. The van der Waals surface area contributed by atoms with E-state index in [1.54, 1.807) is 5.32 Å². The number of nitrogens with two attached hydrogens (primary N) is 1. The summed E-state index contributed by atoms with van der Waals surface area (Å²) in [6.45, 7) is 1.12. The Morgan fingerprint density at radius 2 is 1.79 bits per heavy atom. The molecule has 1 aromatic rings. The lowest BCUT2D eigenvalue weighted by Crippen LogP contribution is -2.42. The zero-order chi connectivity index (χ0) is 14.6. The molecule has 0 unspecified atom stereocenters. The highest BCUT2D eigenvalue weighted by molar-refractivity contribution is 5.98. The van der Waals surface area contributed by atoms with Gasteiger partial charge < -0.3 is 10.5 Å². The van der Waals surface area contributed by atoms with Crippen LogP contribution in [-0.2, 0) is 9.53 Å². The van der Waals surface area contributed by atoms with Gasteiger partial charge in [0.1, 0.15) is 17.2 Å². The van der Waals surface area contributed by atoms with Gasteiger partial charge in [0, 0.05) is 0 Å². The summed E-state index contributed by atoms with van der Waals surface area (Å²) in [7, 11) is 0. The highest BCUT2D eigenvalue weighted by Gasteiger charge is 2.24. The Hall–Kier alpha value is -2.51. The van der Waals surface area contributed by atoms with Crippen molar-refractivity contribution in [1.29, 1.82) is 0 Å². The van der Waals surface area contributed by atoms with Crippen LogP contribution in [0.1, 0.15) is 17.3 Å². The normalized spacial score (nSPS) is 11.5. The third-order valence-corrected chi connectivity index (χ3v) is 2.07. The van der Waals surface area contributed by atoms with E-state index in [1.165, 1.54) is 0 Å². The number of nitrogens with one attached hydrogen (secondary N) is 1. The summed E-state index contributed by atoms with van der Waals surface area (Å²) in [5.41, 5.74) is 3.77. The van der Waals surface area contributed by atoms with Crippen LogP contribution >= 0.6 is 0 Å². The van der Waals surface area contributed by atoms with Crippen LogP contribution in [-0.4, -0.2) is 24.0 Å². The molecule has 0 spiro atoms. The van der Waals surface area contributed by atoms with E-state index in [0.29, 0.717) is 0 Å². The summed E-state index contributed by atoms with van der Waals surface area (Å²) in [5.74, 6) is -4.60. The molecule has 0 saturated carbocycles. The summed E-state index contributed by atoms with van der Waals surface area (Å²) in [5, 5.41) is 1.66. The maximum atomic E-state index is 13.2. The van der Waals surface area contributed by atoms with Crippen LogP contribution in [0.15, 0.2) is 18.2 Å². The zero-order valence-electron chi connectivity index (χ0n) is 9.78. The topological polar surface area (TPSA) is 98.5 Å². The maximum Gasteiger partial charge on any atom is 0.344 e. The van der Waals surface area contributed by atoms with Crippen LogP contribution in [0.3, 0.4) is 0 Å². The number of primary amides is 1. The van der Waals surface area contributed by atoms with Crippen molar-refractivity contribution in [2.75, 3.05) is 0 Å². The molecule has 0 fully saturated rings. The number of imide groups is 1. The molecule has 1 aromatic carbocycles. The van der Waals surface area contributed by atoms with Crippen LogP contribution in [0.5, 0.6) is 0 Å². The second-order valence-corrected chi connectivity index (χ2v) is 3.50. The lowest BCUT2D eigenvalue weighted by molar-refractivity contribution is -0.127. The highest BCUT2D eigenvalue weighted by atomic mass is 19.1. The third-order valence-electron chi connectivity index (χ3n) is 2.07. The molecule has 3 N–H and O–H groups in total. The van der Waals surface area contributed by atoms with Crippen LogP contribution in [0.4, 0.5) is 13.6 Å². The van der Waals surface area contributed by atoms with Crippen molar-refractivity contribution in [3.8, 4) is 0 Å². The van der Waals surface area contributed by atoms with Gasteiger partial charge in [0.25, 0.3) is 5.91 Å². The summed E-state index contributed by atoms with van der Waals surface area (Å²) < 4.78 is 31.0. The van der Waals surface area contributed by atoms with Crippen molar-refractivity contribution in [3.05, 3.63) is 35.4 Å². The van der Waals surface area contributed by atoms with Crippen molar-refractivity contribution in [2.24, 2.45) is 5.73 Å². The van der Waals surface area contributed by atoms with Gasteiger partial charge in [-0.05, 0) is 19.1 Å². The number of halogens is 2. The molecule has 6 nitrogen and oxygen atoms in total. The van der Waals surface area contributed by atoms with Crippen molar-refractivity contribution in [3.63, 3.8) is 0 Å². The number of amides is 3. The second kappa shape index (κ2) is 5.89. The average molecular weight is 272 g/mol. The minimum Gasteiger partial charge on any atom is -0.449 e. The van der Waals surface area contributed by atoms with Gasteiger partial charge in [-0.1, -0.05) is 6.07 Å². The largest absolute Gasteiger partial charge is 0.449 e. The fraction of sp³-hybridized carbons (Fsp3) is 0.182. The molecule has 102 valence electrons. The van der Waals surface area contributed by atoms with Gasteiger partial charge in [-0.3, -0.25) is 10.1 Å². The lowest BCUT2D eigenvalue weighted by Gasteiger charge is -2.12. The number of rotatable bonds is 3. The number of carbonyl (C=O) groups is 3. The summed E-state index contributed by atoms with van der Waals surface area (Å²) >= 11 is 0. The number of ether oxygens (including phenoxy) is 1. The van der Waals surface area contributed by atoms with Gasteiger partial charge in [0.2, 0.25) is 0 Å². The predicted octanol–water partition coefficient (Wildman–Crippen LogP) is 0.705. The first-order chi connectivity index (χ1) is 8.82. The first-order valence-corrected chi connectivity index (χ1v) is 5.08. The molecule has 0 radical (unpaired) electrons. The van der Waals surface area contributed by atoms with Gasteiger partial charge in [-0.2, -0.15) is 0 Å². The smallest absolute Gasteiger partial charge is 0.344 e. The Morgan fingerprint density at radius 3 is 2.26 bits per heavy atom. The molecule has 1 atom stereocenters. The first-order valence-electron chi connectivity index (χ1n) is 5.08. The van der Waals surface area contributed by atoms with E-state index < -0.39 is 41.2 Å². The Labute approximate surface area is 106 Å². The van der Waals surface area contributed by atoms with Crippen LogP contribution < -0.4 is 11.1 Å². The molecule has 19 heavy (non-hydrogen) atoms. The van der Waals surface area contributed by atoms with Crippen molar-refractivity contribution in [2.45, 2.75) is 13.0 Å². The van der Waals surface area contributed by atoms with E-state index in [4.69, 9.17) is 0 Å². The van der Waals surface area contributed by atoms with E-state index >= 15 is 0 Å². The van der Waals surface area contributed by atoms with Crippen molar-refractivity contribution < 1.29 is 27.9 Å². The van der Waals surface area contributed by atoms with E-state index in [9.17, 15) is 23.2 Å². The fourth-order valence-electron chi connectivity index (χ4n) is 1.19. The molecule has 0 aliphatic rings. The van der Waals surface area contributed by atoms with Gasteiger partial charge >= 0.3 is 12.0 Å². The number of hydrogen-bond donors (Lipinski definition) is 2. The molecular formula is C11H10F2N2O4. The van der Waals surface area contributed by atoms with Gasteiger partial charge in [0.05, 0.1) is 0 Å². The first kappa shape index (κ1) is 14.6. The number of benzene rings is 1. The van der Waals surface area contributed by atoms with Crippen molar-refractivity contribution >= 4 is 17.9 Å². The van der Waals surface area contributed by atoms with Crippen LogP contribution in [0.25, 0.3) is 0 Å². The van der Waals surface area contributed by atoms with Crippen LogP contribution in [0, 0.1) is 11.6 Å². The maximum absolute atomic E-state index is 13.2. The second-order valence-electron chi connectivity index (χ2n) is 3.50. The van der Waals surface area contributed by atoms with E-state index in [2.05, 4.69) is 10.5 Å². The molecule has 0 bridgehead atoms. The molecule has 0 aromatic heterocycles. The summed E-state index contributed by atoms with van der Waals surface area (Å²) in [6.07, 6.45) is -1.43. The zero-order valence-corrected chi connectivity index (χ0v) is 9.78. The van der Waals surface area contributed by atoms with E-state index in [0.717, 1.165) is 25.1 Å². The molecule has 0 heterocycles. The highest BCUT2D eigenvalue weighted by Crippen LogP contribution is 2.14. The Balaban J connectivity index is 2.80. The molecule has 8 heteroatoms. The van der Waals surface area contributed by atoms with Gasteiger partial charge in [-0.25, -0.2) is 18.4 Å². The summed E-state index contributed by atoms with van der Waals surface area (Å²) in [6, 6.07) is 1.68. The van der Waals surface area contributed by atoms with Crippen LogP contribution in [0.2, 0.25) is 0 Å². The predicted molar refractivity (Wildman–Crippen MR) is 59.0 cm³/mol. The molecule has 0 aliphatic carbocycles. The molecule has 1 rings (SSSR count). The standard InChI is InChI=1S/C11H10F2N2O4/c1-5(9(16)15-11(14)18)19-10(17)8-6(12)3-2-4-7(8)13/h2-5H,1H3,(H3,14,15,16,18)/t5-/m0/s1. The number of hydrogen-bond acceptors (Lipinski definition) is 4. The lowest BCUT2D eigenvalue weighted by atomic mass is 10.2.